The Hall–Kier alpha value is -2.79. The Morgan fingerprint density at radius 2 is 2.00 bits per heavy atom. The van der Waals surface area contributed by atoms with Crippen LogP contribution in [0, 0.1) is 0 Å². The summed E-state index contributed by atoms with van der Waals surface area (Å²) in [7, 11) is 0. The summed E-state index contributed by atoms with van der Waals surface area (Å²) in [5.74, 6) is 1.57. The Bertz CT molecular complexity index is 978. The summed E-state index contributed by atoms with van der Waals surface area (Å²) in [6.45, 7) is 2.57. The van der Waals surface area contributed by atoms with Crippen LogP contribution < -0.4 is 4.74 Å². The highest BCUT2D eigenvalue weighted by atomic mass is 35.5. The average molecular weight is 354 g/mol. The average Bonchev–Trinajstić information content (AvgIpc) is 3.27. The second-order valence-corrected chi connectivity index (χ2v) is 6.05. The van der Waals surface area contributed by atoms with Crippen molar-refractivity contribution in [3.05, 3.63) is 77.5 Å². The molecule has 0 fully saturated rings. The third-order valence-corrected chi connectivity index (χ3v) is 4.23. The van der Waals surface area contributed by atoms with Gasteiger partial charge in [0.2, 0.25) is 0 Å². The van der Waals surface area contributed by atoms with Crippen molar-refractivity contribution in [1.82, 2.24) is 14.8 Å². The first-order valence-corrected chi connectivity index (χ1v) is 8.38. The summed E-state index contributed by atoms with van der Waals surface area (Å²) < 4.78 is 13.4. The fourth-order valence-corrected chi connectivity index (χ4v) is 2.99. The van der Waals surface area contributed by atoms with Crippen molar-refractivity contribution in [2.45, 2.75) is 13.0 Å². The van der Waals surface area contributed by atoms with E-state index < -0.39 is 0 Å². The molecule has 1 atom stereocenters. The summed E-state index contributed by atoms with van der Waals surface area (Å²) in [5, 5.41) is 6.00. The lowest BCUT2D eigenvalue weighted by molar-refractivity contribution is 0.340. The van der Waals surface area contributed by atoms with Crippen LogP contribution in [0.3, 0.4) is 0 Å². The van der Waals surface area contributed by atoms with E-state index in [1.54, 1.807) is 11.0 Å². The third kappa shape index (κ3) is 3.10. The Kier molecular flexibility index (Phi) is 4.15. The molecule has 25 heavy (non-hydrogen) atoms. The molecule has 0 aliphatic carbocycles. The number of furan rings is 1. The first-order valence-electron chi connectivity index (χ1n) is 8.00. The smallest absolute Gasteiger partial charge is 0.138 e. The fourth-order valence-electron chi connectivity index (χ4n) is 2.87. The third-order valence-electron chi connectivity index (χ3n) is 3.98. The molecule has 0 saturated carbocycles. The molecule has 6 heteroatoms. The van der Waals surface area contributed by atoms with Crippen LogP contribution in [0.15, 0.2) is 65.6 Å². The molecular formula is C19H16ClN3O2. The SMILES string of the molecule is CCOc1ccc2cc(C(c3ccc(Cl)cc3)n3cncn3)oc2c1. The van der Waals surface area contributed by atoms with Crippen LogP contribution in [0.5, 0.6) is 5.75 Å². The number of hydrogen-bond donors (Lipinski definition) is 0. The maximum Gasteiger partial charge on any atom is 0.138 e. The zero-order valence-corrected chi connectivity index (χ0v) is 14.3. The Balaban J connectivity index is 1.81. The summed E-state index contributed by atoms with van der Waals surface area (Å²) in [6.07, 6.45) is 3.19. The van der Waals surface area contributed by atoms with Gasteiger partial charge in [0.15, 0.2) is 0 Å². The number of rotatable bonds is 5. The van der Waals surface area contributed by atoms with Crippen molar-refractivity contribution in [2.75, 3.05) is 6.61 Å². The lowest BCUT2D eigenvalue weighted by atomic mass is 10.0. The molecule has 5 nitrogen and oxygen atoms in total. The first kappa shape index (κ1) is 15.7. The van der Waals surface area contributed by atoms with Gasteiger partial charge in [0, 0.05) is 16.5 Å². The Morgan fingerprint density at radius 3 is 2.72 bits per heavy atom. The lowest BCUT2D eigenvalue weighted by Gasteiger charge is -2.15. The Labute approximate surface area is 149 Å². The van der Waals surface area contributed by atoms with Gasteiger partial charge in [-0.3, -0.25) is 0 Å². The first-order chi connectivity index (χ1) is 12.2. The molecule has 0 aliphatic heterocycles. The highest BCUT2D eigenvalue weighted by Gasteiger charge is 2.21. The maximum absolute atomic E-state index is 6.12. The van der Waals surface area contributed by atoms with E-state index in [-0.39, 0.29) is 6.04 Å². The molecule has 0 aliphatic rings. The number of benzene rings is 2. The molecule has 4 aromatic rings. The molecule has 2 heterocycles. The number of nitrogens with zero attached hydrogens (tertiary/aromatic N) is 3. The van der Waals surface area contributed by atoms with Gasteiger partial charge < -0.3 is 9.15 Å². The zero-order chi connectivity index (χ0) is 17.2. The normalized spacial score (nSPS) is 12.4. The van der Waals surface area contributed by atoms with E-state index >= 15 is 0 Å². The van der Waals surface area contributed by atoms with Crippen molar-refractivity contribution >= 4 is 22.6 Å². The fraction of sp³-hybridized carbons (Fsp3) is 0.158. The molecule has 1 unspecified atom stereocenters. The predicted octanol–water partition coefficient (Wildman–Crippen LogP) is 4.71. The van der Waals surface area contributed by atoms with Crippen LogP contribution in [0.1, 0.15) is 24.3 Å². The summed E-state index contributed by atoms with van der Waals surface area (Å²) in [5.41, 5.74) is 1.79. The Morgan fingerprint density at radius 1 is 1.16 bits per heavy atom. The van der Waals surface area contributed by atoms with Crippen LogP contribution in [0.25, 0.3) is 11.0 Å². The van der Waals surface area contributed by atoms with E-state index in [1.807, 2.05) is 55.5 Å². The lowest BCUT2D eigenvalue weighted by Crippen LogP contribution is -2.12. The summed E-state index contributed by atoms with van der Waals surface area (Å²) in [4.78, 5) is 4.07. The second kappa shape index (κ2) is 6.61. The van der Waals surface area contributed by atoms with Crippen molar-refractivity contribution < 1.29 is 9.15 Å². The minimum atomic E-state index is -0.220. The number of hydrogen-bond acceptors (Lipinski definition) is 4. The van der Waals surface area contributed by atoms with E-state index in [9.17, 15) is 0 Å². The topological polar surface area (TPSA) is 53.1 Å². The highest BCUT2D eigenvalue weighted by Crippen LogP contribution is 2.32. The monoisotopic (exact) mass is 353 g/mol. The second-order valence-electron chi connectivity index (χ2n) is 5.61. The number of fused-ring (bicyclic) bond motifs is 1. The van der Waals surface area contributed by atoms with Crippen molar-refractivity contribution in [3.8, 4) is 5.75 Å². The van der Waals surface area contributed by atoms with Gasteiger partial charge in [0.25, 0.3) is 0 Å². The van der Waals surface area contributed by atoms with Gasteiger partial charge in [-0.25, -0.2) is 9.67 Å². The van der Waals surface area contributed by atoms with E-state index in [1.165, 1.54) is 6.33 Å². The van der Waals surface area contributed by atoms with Gasteiger partial charge in [-0.15, -0.1) is 0 Å². The van der Waals surface area contributed by atoms with E-state index in [2.05, 4.69) is 10.1 Å². The van der Waals surface area contributed by atoms with Crippen LogP contribution in [-0.2, 0) is 0 Å². The molecule has 0 N–H and O–H groups in total. The van der Waals surface area contributed by atoms with Crippen LogP contribution in [0.4, 0.5) is 0 Å². The van der Waals surface area contributed by atoms with Crippen LogP contribution in [-0.4, -0.2) is 21.4 Å². The predicted molar refractivity (Wildman–Crippen MR) is 96.1 cm³/mol. The van der Waals surface area contributed by atoms with E-state index in [4.69, 9.17) is 20.8 Å². The number of aromatic nitrogens is 3. The maximum atomic E-state index is 6.12. The quantitative estimate of drug-likeness (QED) is 0.521. The minimum absolute atomic E-state index is 0.220. The molecule has 4 rings (SSSR count). The van der Waals surface area contributed by atoms with E-state index in [0.29, 0.717) is 11.6 Å². The molecular weight excluding hydrogens is 338 g/mol. The minimum Gasteiger partial charge on any atom is -0.494 e. The number of ether oxygens (including phenoxy) is 1. The number of halogens is 1. The molecule has 0 bridgehead atoms. The van der Waals surface area contributed by atoms with Gasteiger partial charge in [-0.2, -0.15) is 5.10 Å². The highest BCUT2D eigenvalue weighted by molar-refractivity contribution is 6.30. The van der Waals surface area contributed by atoms with Crippen molar-refractivity contribution in [3.63, 3.8) is 0 Å². The molecule has 2 aromatic heterocycles. The molecule has 126 valence electrons. The summed E-state index contributed by atoms with van der Waals surface area (Å²) in [6, 6.07) is 15.3. The molecule has 0 saturated heterocycles. The van der Waals surface area contributed by atoms with E-state index in [0.717, 1.165) is 28.0 Å². The molecule has 0 radical (unpaired) electrons. The molecule has 2 aromatic carbocycles. The van der Waals surface area contributed by atoms with Crippen LogP contribution >= 0.6 is 11.6 Å². The van der Waals surface area contributed by atoms with Gasteiger partial charge in [-0.05, 0) is 42.8 Å². The zero-order valence-electron chi connectivity index (χ0n) is 13.6. The van der Waals surface area contributed by atoms with Crippen molar-refractivity contribution in [1.29, 1.82) is 0 Å². The van der Waals surface area contributed by atoms with Gasteiger partial charge >= 0.3 is 0 Å². The van der Waals surface area contributed by atoms with Gasteiger partial charge in [0.05, 0.1) is 6.61 Å². The van der Waals surface area contributed by atoms with Gasteiger partial charge in [0.1, 0.15) is 35.8 Å². The van der Waals surface area contributed by atoms with Crippen molar-refractivity contribution in [2.24, 2.45) is 0 Å². The van der Waals surface area contributed by atoms with Gasteiger partial charge in [-0.1, -0.05) is 23.7 Å². The summed E-state index contributed by atoms with van der Waals surface area (Å²) >= 11 is 6.03. The molecule has 0 spiro atoms. The van der Waals surface area contributed by atoms with Crippen LogP contribution in [0.2, 0.25) is 5.02 Å². The standard InChI is InChI=1S/C19H16ClN3O2/c1-2-24-16-8-5-14-9-18(25-17(14)10-16)19(23-12-21-11-22-23)13-3-6-15(20)7-4-13/h3-12,19H,2H2,1H3. The molecule has 0 amide bonds. The largest absolute Gasteiger partial charge is 0.494 e.